The monoisotopic (exact) mass is 483 g/mol. The number of nitrogens with two attached hydrogens (primary N) is 1. The first-order valence-corrected chi connectivity index (χ1v) is 10.5. The van der Waals surface area contributed by atoms with E-state index in [2.05, 4.69) is 15.0 Å². The van der Waals surface area contributed by atoms with Crippen molar-refractivity contribution in [2.45, 2.75) is 64.3 Å². The standard InChI is InChI=1S/C15H24F6N5O4P/c1-6-12(5,31(27,28-7-2)29-8-3)25-10(22)23-11-26-13(14(16,17)18,15(19,20)21)24-9(4)30-11/h6-8H2,1-5H3,(H3,22,23,25,26). The van der Waals surface area contributed by atoms with Gasteiger partial charge in [-0.15, -0.1) is 0 Å². The molecular formula is C15H24F6N5O4P. The predicted molar refractivity (Wildman–Crippen MR) is 101 cm³/mol. The normalized spacial score (nSPS) is 19.8. The topological polar surface area (TPSA) is 120 Å². The van der Waals surface area contributed by atoms with E-state index in [4.69, 9.17) is 19.5 Å². The van der Waals surface area contributed by atoms with Crippen LogP contribution < -0.4 is 11.1 Å². The molecule has 0 aromatic heterocycles. The van der Waals surface area contributed by atoms with E-state index in [1.807, 2.05) is 5.32 Å². The van der Waals surface area contributed by atoms with Gasteiger partial charge in [-0.1, -0.05) is 6.92 Å². The van der Waals surface area contributed by atoms with Crippen molar-refractivity contribution in [3.63, 3.8) is 0 Å². The lowest BCUT2D eigenvalue weighted by molar-refractivity contribution is -0.293. The van der Waals surface area contributed by atoms with E-state index in [0.29, 0.717) is 0 Å². The zero-order valence-corrected chi connectivity index (χ0v) is 18.3. The number of aliphatic imine (C=N–C) groups is 3. The number of amidine groups is 1. The van der Waals surface area contributed by atoms with Gasteiger partial charge in [-0.2, -0.15) is 31.3 Å². The number of nitrogens with zero attached hydrogens (tertiary/aromatic N) is 3. The summed E-state index contributed by atoms with van der Waals surface area (Å²) in [6, 6.07) is -1.25. The molecule has 180 valence electrons. The maximum absolute atomic E-state index is 13.3. The third-order valence-electron chi connectivity index (χ3n) is 4.07. The van der Waals surface area contributed by atoms with Gasteiger partial charge >= 0.3 is 31.6 Å². The Labute approximate surface area is 174 Å². The summed E-state index contributed by atoms with van der Waals surface area (Å²) in [7, 11) is -3.91. The van der Waals surface area contributed by atoms with Crippen molar-refractivity contribution in [1.29, 1.82) is 0 Å². The summed E-state index contributed by atoms with van der Waals surface area (Å²) in [5.74, 6) is -1.69. The largest absolute Gasteiger partial charge is 0.443 e. The summed E-state index contributed by atoms with van der Waals surface area (Å²) in [4.78, 5) is 9.07. The van der Waals surface area contributed by atoms with Crippen LogP contribution in [0.4, 0.5) is 26.3 Å². The van der Waals surface area contributed by atoms with Crippen molar-refractivity contribution in [2.75, 3.05) is 13.2 Å². The van der Waals surface area contributed by atoms with Crippen molar-refractivity contribution in [3.8, 4) is 0 Å². The number of alkyl halides is 6. The average Bonchev–Trinajstić information content (AvgIpc) is 2.59. The molecule has 1 atom stereocenters. The molecule has 0 radical (unpaired) electrons. The number of nitrogens with one attached hydrogen (secondary N) is 1. The third kappa shape index (κ3) is 5.50. The summed E-state index contributed by atoms with van der Waals surface area (Å²) < 4.78 is 108. The van der Waals surface area contributed by atoms with E-state index in [9.17, 15) is 30.9 Å². The molecule has 0 bridgehead atoms. The van der Waals surface area contributed by atoms with E-state index >= 15 is 0 Å². The highest BCUT2D eigenvalue weighted by Crippen LogP contribution is 2.62. The molecule has 0 aromatic rings. The number of halogens is 6. The van der Waals surface area contributed by atoms with Crippen LogP contribution in [0.3, 0.4) is 0 Å². The molecule has 1 rings (SSSR count). The van der Waals surface area contributed by atoms with Gasteiger partial charge in [-0.25, -0.2) is 9.98 Å². The fourth-order valence-corrected chi connectivity index (χ4v) is 4.37. The van der Waals surface area contributed by atoms with E-state index in [-0.39, 0.29) is 19.6 Å². The molecule has 31 heavy (non-hydrogen) atoms. The summed E-state index contributed by atoms with van der Waals surface area (Å²) in [6.07, 6.45) is -11.8. The summed E-state index contributed by atoms with van der Waals surface area (Å²) in [6.45, 7) is 6.76. The highest BCUT2D eigenvalue weighted by atomic mass is 31.2. The van der Waals surface area contributed by atoms with Gasteiger partial charge < -0.3 is 19.5 Å². The summed E-state index contributed by atoms with van der Waals surface area (Å²) in [5.41, 5.74) is 0.864. The van der Waals surface area contributed by atoms with Crippen molar-refractivity contribution >= 4 is 25.5 Å². The second-order valence-electron chi connectivity index (χ2n) is 6.34. The van der Waals surface area contributed by atoms with Gasteiger partial charge in [0.25, 0.3) is 0 Å². The van der Waals surface area contributed by atoms with Crippen LogP contribution in [0.15, 0.2) is 15.0 Å². The molecule has 16 heteroatoms. The number of hydrogen-bond acceptors (Lipinski definition) is 7. The SMILES string of the molecule is CCOP(=O)(OCC)C(C)(CC)/N=C(\N)NC1=NC(C(F)(F)F)(C(F)(F)F)N=C(C)O1. The van der Waals surface area contributed by atoms with Crippen molar-refractivity contribution in [3.05, 3.63) is 0 Å². The molecule has 0 aromatic carbocycles. The molecule has 3 N–H and O–H groups in total. The Hall–Kier alpha value is -1.86. The van der Waals surface area contributed by atoms with Crippen molar-refractivity contribution in [1.82, 2.24) is 5.32 Å². The van der Waals surface area contributed by atoms with Crippen LogP contribution in [-0.2, 0) is 18.3 Å². The van der Waals surface area contributed by atoms with Crippen LogP contribution >= 0.6 is 7.60 Å². The second kappa shape index (κ2) is 9.33. The van der Waals surface area contributed by atoms with Gasteiger partial charge in [0.1, 0.15) is 0 Å². The molecule has 0 amide bonds. The minimum absolute atomic E-state index is 0.0130. The van der Waals surface area contributed by atoms with Crippen LogP contribution in [0.5, 0.6) is 0 Å². The lowest BCUT2D eigenvalue weighted by Crippen LogP contribution is -2.58. The number of ether oxygens (including phenoxy) is 1. The zero-order chi connectivity index (χ0) is 24.3. The first-order valence-electron chi connectivity index (χ1n) is 9.00. The molecule has 0 spiro atoms. The lowest BCUT2D eigenvalue weighted by atomic mass is 10.1. The minimum Gasteiger partial charge on any atom is -0.411 e. The van der Waals surface area contributed by atoms with Crippen LogP contribution in [0, 0.1) is 0 Å². The number of rotatable bonds is 7. The second-order valence-corrected chi connectivity index (χ2v) is 8.82. The highest BCUT2D eigenvalue weighted by molar-refractivity contribution is 7.55. The van der Waals surface area contributed by atoms with Crippen LogP contribution in [0.2, 0.25) is 0 Å². The molecular weight excluding hydrogens is 459 g/mol. The first-order chi connectivity index (χ1) is 14.0. The van der Waals surface area contributed by atoms with E-state index in [1.165, 1.54) is 6.92 Å². The molecule has 9 nitrogen and oxygen atoms in total. The number of guanidine groups is 1. The Morgan fingerprint density at radius 3 is 2.00 bits per heavy atom. The Bertz CT molecular complexity index is 774. The minimum atomic E-state index is -5.92. The van der Waals surface area contributed by atoms with E-state index in [1.54, 1.807) is 20.8 Å². The maximum Gasteiger partial charge on any atom is 0.443 e. The van der Waals surface area contributed by atoms with Crippen LogP contribution in [0.25, 0.3) is 0 Å². The average molecular weight is 483 g/mol. The molecule has 1 unspecified atom stereocenters. The highest BCUT2D eigenvalue weighted by Gasteiger charge is 2.74. The Morgan fingerprint density at radius 1 is 1.13 bits per heavy atom. The fraction of sp³-hybridized carbons (Fsp3) is 0.800. The van der Waals surface area contributed by atoms with Gasteiger partial charge in [-0.05, 0) is 27.2 Å². The number of hydrogen-bond donors (Lipinski definition) is 2. The van der Waals surface area contributed by atoms with Gasteiger partial charge in [0, 0.05) is 6.92 Å². The molecule has 0 saturated carbocycles. The predicted octanol–water partition coefficient (Wildman–Crippen LogP) is 3.91. The lowest BCUT2D eigenvalue weighted by Gasteiger charge is -2.34. The maximum atomic E-state index is 13.3. The summed E-state index contributed by atoms with van der Waals surface area (Å²) >= 11 is 0. The first kappa shape index (κ1) is 27.2. The van der Waals surface area contributed by atoms with E-state index < -0.39 is 48.8 Å². The summed E-state index contributed by atoms with van der Waals surface area (Å²) in [5, 5.41) is 0.325. The van der Waals surface area contributed by atoms with Crippen LogP contribution in [-0.4, -0.2) is 54.4 Å². The van der Waals surface area contributed by atoms with Gasteiger partial charge in [0.15, 0.2) is 17.1 Å². The Morgan fingerprint density at radius 2 is 1.61 bits per heavy atom. The third-order valence-corrected chi connectivity index (χ3v) is 6.86. The molecule has 0 saturated heterocycles. The molecule has 1 aliphatic rings. The van der Waals surface area contributed by atoms with E-state index in [0.717, 1.165) is 6.92 Å². The van der Waals surface area contributed by atoms with Gasteiger partial charge in [0.05, 0.1) is 13.2 Å². The molecule has 0 aliphatic carbocycles. The Kier molecular flexibility index (Phi) is 8.18. The fourth-order valence-electron chi connectivity index (χ4n) is 2.44. The molecule has 0 fully saturated rings. The van der Waals surface area contributed by atoms with Crippen LogP contribution in [0.1, 0.15) is 41.0 Å². The van der Waals surface area contributed by atoms with Crippen molar-refractivity contribution in [2.24, 2.45) is 20.7 Å². The quantitative estimate of drug-likeness (QED) is 0.245. The zero-order valence-electron chi connectivity index (χ0n) is 17.4. The van der Waals surface area contributed by atoms with Gasteiger partial charge in [0.2, 0.25) is 0 Å². The molecule has 1 heterocycles. The smallest absolute Gasteiger partial charge is 0.411 e. The molecule has 1 aliphatic heterocycles. The Balaban J connectivity index is 3.41. The van der Waals surface area contributed by atoms with Crippen molar-refractivity contribution < 1.29 is 44.7 Å². The van der Waals surface area contributed by atoms with Gasteiger partial charge in [-0.3, -0.25) is 9.88 Å².